The van der Waals surface area contributed by atoms with Crippen LogP contribution in [0.4, 0.5) is 4.79 Å². The van der Waals surface area contributed by atoms with Gasteiger partial charge < -0.3 is 14.3 Å². The lowest BCUT2D eigenvalue weighted by atomic mass is 10.00. The summed E-state index contributed by atoms with van der Waals surface area (Å²) in [7, 11) is 0. The van der Waals surface area contributed by atoms with Gasteiger partial charge in [-0.2, -0.15) is 0 Å². The highest BCUT2D eigenvalue weighted by molar-refractivity contribution is 5.78. The molecule has 5 heteroatoms. The maximum Gasteiger partial charge on any atom is 0.411 e. The number of carbonyl (C=O) groups is 2. The third-order valence-corrected chi connectivity index (χ3v) is 3.83. The third-order valence-electron chi connectivity index (χ3n) is 3.83. The van der Waals surface area contributed by atoms with E-state index in [0.29, 0.717) is 19.6 Å². The molecule has 1 heterocycles. The zero-order valence-electron chi connectivity index (χ0n) is 14.1. The van der Waals surface area contributed by atoms with E-state index in [0.717, 1.165) is 18.3 Å². The van der Waals surface area contributed by atoms with E-state index in [9.17, 15) is 9.59 Å². The van der Waals surface area contributed by atoms with E-state index in [1.807, 2.05) is 51.1 Å². The van der Waals surface area contributed by atoms with Gasteiger partial charge in [0.1, 0.15) is 17.4 Å². The number of amides is 1. The van der Waals surface area contributed by atoms with Crippen molar-refractivity contribution in [2.45, 2.75) is 51.4 Å². The Morgan fingerprint density at radius 1 is 1.30 bits per heavy atom. The molecular weight excluding hydrogens is 294 g/mol. The van der Waals surface area contributed by atoms with Gasteiger partial charge in [-0.25, -0.2) is 4.79 Å². The van der Waals surface area contributed by atoms with Gasteiger partial charge in [0.2, 0.25) is 0 Å². The van der Waals surface area contributed by atoms with E-state index in [4.69, 9.17) is 9.47 Å². The van der Waals surface area contributed by atoms with Gasteiger partial charge >= 0.3 is 6.09 Å². The monoisotopic (exact) mass is 319 g/mol. The van der Waals surface area contributed by atoms with Gasteiger partial charge in [0.05, 0.1) is 13.2 Å². The molecule has 1 aliphatic rings. The summed E-state index contributed by atoms with van der Waals surface area (Å²) < 4.78 is 11.1. The summed E-state index contributed by atoms with van der Waals surface area (Å²) in [5.74, 6) is 0. The molecule has 1 amide bonds. The fraction of sp³-hybridized carbons (Fsp3) is 0.556. The highest BCUT2D eigenvalue weighted by atomic mass is 16.6. The van der Waals surface area contributed by atoms with Crippen LogP contribution in [-0.2, 0) is 20.9 Å². The summed E-state index contributed by atoms with van der Waals surface area (Å²) in [6, 6.07) is 9.76. The number of ether oxygens (including phenoxy) is 2. The molecule has 0 radical (unpaired) electrons. The first-order chi connectivity index (χ1) is 10.9. The molecule has 0 bridgehead atoms. The molecule has 1 fully saturated rings. The molecule has 0 aliphatic carbocycles. The molecule has 1 saturated heterocycles. The number of benzene rings is 1. The smallest absolute Gasteiger partial charge is 0.411 e. The predicted octanol–water partition coefficient (Wildman–Crippen LogP) is 3.17. The Hall–Kier alpha value is -1.88. The Bertz CT molecular complexity index is 538. The zero-order chi connectivity index (χ0) is 16.9. The Labute approximate surface area is 137 Å². The summed E-state index contributed by atoms with van der Waals surface area (Å²) in [5, 5.41) is 0. The molecule has 0 N–H and O–H groups in total. The number of aldehydes is 1. The first-order valence-electron chi connectivity index (χ1n) is 7.95. The van der Waals surface area contributed by atoms with E-state index < -0.39 is 17.2 Å². The van der Waals surface area contributed by atoms with Crippen molar-refractivity contribution in [2.75, 3.05) is 13.2 Å². The first-order valence-corrected chi connectivity index (χ1v) is 7.95. The minimum Gasteiger partial charge on any atom is -0.444 e. The predicted molar refractivity (Wildman–Crippen MR) is 87.1 cm³/mol. The van der Waals surface area contributed by atoms with Gasteiger partial charge in [0.15, 0.2) is 0 Å². The topological polar surface area (TPSA) is 55.8 Å². The average Bonchev–Trinajstić information content (AvgIpc) is 2.91. The lowest BCUT2D eigenvalue weighted by molar-refractivity contribution is -0.121. The maximum atomic E-state index is 12.4. The number of hydrogen-bond donors (Lipinski definition) is 0. The number of carbonyl (C=O) groups excluding carboxylic acids is 2. The Morgan fingerprint density at radius 3 is 2.61 bits per heavy atom. The fourth-order valence-corrected chi connectivity index (χ4v) is 2.72. The van der Waals surface area contributed by atoms with Crippen LogP contribution >= 0.6 is 0 Å². The molecule has 0 unspecified atom stereocenters. The second-order valence-corrected chi connectivity index (χ2v) is 6.94. The summed E-state index contributed by atoms with van der Waals surface area (Å²) in [4.78, 5) is 25.6. The molecule has 0 aromatic heterocycles. The van der Waals surface area contributed by atoms with Crippen LogP contribution < -0.4 is 0 Å². The molecule has 1 atom stereocenters. The van der Waals surface area contributed by atoms with Crippen molar-refractivity contribution < 1.29 is 19.1 Å². The SMILES string of the molecule is CC(C)(C)OC(=O)N1CCC[C@@]1(C=O)COCc1ccccc1. The first kappa shape index (κ1) is 17.5. The minimum atomic E-state index is -0.920. The van der Waals surface area contributed by atoms with Crippen molar-refractivity contribution in [1.29, 1.82) is 0 Å². The van der Waals surface area contributed by atoms with Crippen molar-refractivity contribution in [3.63, 3.8) is 0 Å². The van der Waals surface area contributed by atoms with Crippen LogP contribution in [-0.4, -0.2) is 41.6 Å². The van der Waals surface area contributed by atoms with E-state index in [1.54, 1.807) is 0 Å². The van der Waals surface area contributed by atoms with Gasteiger partial charge in [-0.05, 0) is 39.2 Å². The molecule has 2 rings (SSSR count). The van der Waals surface area contributed by atoms with Gasteiger partial charge in [0, 0.05) is 6.54 Å². The standard InChI is InChI=1S/C18H25NO4/c1-17(2,3)23-16(21)19-11-7-10-18(19,13-20)14-22-12-15-8-5-4-6-9-15/h4-6,8-9,13H,7,10-12,14H2,1-3H3/t18-/m1/s1. The number of nitrogens with zero attached hydrogens (tertiary/aromatic N) is 1. The van der Waals surface area contributed by atoms with Gasteiger partial charge in [-0.3, -0.25) is 4.90 Å². The van der Waals surface area contributed by atoms with E-state index in [-0.39, 0.29) is 6.61 Å². The van der Waals surface area contributed by atoms with Gasteiger partial charge in [-0.15, -0.1) is 0 Å². The summed E-state index contributed by atoms with van der Waals surface area (Å²) in [5.41, 5.74) is -0.466. The number of likely N-dealkylation sites (tertiary alicyclic amines) is 1. The number of hydrogen-bond acceptors (Lipinski definition) is 4. The van der Waals surface area contributed by atoms with E-state index in [2.05, 4.69) is 0 Å². The Balaban J connectivity index is 2.00. The minimum absolute atomic E-state index is 0.185. The van der Waals surface area contributed by atoms with Crippen LogP contribution in [0.15, 0.2) is 30.3 Å². The quantitative estimate of drug-likeness (QED) is 0.782. The highest BCUT2D eigenvalue weighted by Crippen LogP contribution is 2.30. The lowest BCUT2D eigenvalue weighted by Crippen LogP contribution is -2.53. The number of rotatable bonds is 5. The van der Waals surface area contributed by atoms with Crippen molar-refractivity contribution in [3.8, 4) is 0 Å². The van der Waals surface area contributed by atoms with Crippen LogP contribution in [0.1, 0.15) is 39.2 Å². The van der Waals surface area contributed by atoms with Gasteiger partial charge in [-0.1, -0.05) is 30.3 Å². The maximum absolute atomic E-state index is 12.4. The second-order valence-electron chi connectivity index (χ2n) is 6.94. The molecule has 126 valence electrons. The van der Waals surface area contributed by atoms with Crippen molar-refractivity contribution in [3.05, 3.63) is 35.9 Å². The summed E-state index contributed by atoms with van der Waals surface area (Å²) in [6.45, 7) is 6.56. The van der Waals surface area contributed by atoms with Crippen LogP contribution in [0.3, 0.4) is 0 Å². The molecule has 0 saturated carbocycles. The molecule has 5 nitrogen and oxygen atoms in total. The molecule has 23 heavy (non-hydrogen) atoms. The van der Waals surface area contributed by atoms with Crippen molar-refractivity contribution in [2.24, 2.45) is 0 Å². The van der Waals surface area contributed by atoms with E-state index >= 15 is 0 Å². The third kappa shape index (κ3) is 4.55. The van der Waals surface area contributed by atoms with E-state index in [1.165, 1.54) is 4.90 Å². The Kier molecular flexibility index (Phi) is 5.42. The van der Waals surface area contributed by atoms with Crippen molar-refractivity contribution >= 4 is 12.4 Å². The Morgan fingerprint density at radius 2 is 2.00 bits per heavy atom. The summed E-state index contributed by atoms with van der Waals surface area (Å²) in [6.07, 6.45) is 1.75. The molecule has 1 aliphatic heterocycles. The second kappa shape index (κ2) is 7.13. The van der Waals surface area contributed by atoms with Crippen LogP contribution in [0.25, 0.3) is 0 Å². The largest absolute Gasteiger partial charge is 0.444 e. The lowest BCUT2D eigenvalue weighted by Gasteiger charge is -2.34. The van der Waals surface area contributed by atoms with Crippen LogP contribution in [0.2, 0.25) is 0 Å². The summed E-state index contributed by atoms with van der Waals surface area (Å²) >= 11 is 0. The van der Waals surface area contributed by atoms with Crippen LogP contribution in [0, 0.1) is 0 Å². The normalized spacial score (nSPS) is 21.3. The molecule has 1 aromatic carbocycles. The van der Waals surface area contributed by atoms with Gasteiger partial charge in [0.25, 0.3) is 0 Å². The molecular formula is C18H25NO4. The van der Waals surface area contributed by atoms with Crippen LogP contribution in [0.5, 0.6) is 0 Å². The molecule has 1 aromatic rings. The van der Waals surface area contributed by atoms with Crippen molar-refractivity contribution in [1.82, 2.24) is 4.90 Å². The average molecular weight is 319 g/mol. The highest BCUT2D eigenvalue weighted by Gasteiger charge is 2.45. The molecule has 0 spiro atoms. The fourth-order valence-electron chi connectivity index (χ4n) is 2.72. The zero-order valence-corrected chi connectivity index (χ0v) is 14.1.